The molecule has 6 nitrogen and oxygen atoms in total. The Bertz CT molecular complexity index is 458. The smallest absolute Gasteiger partial charge is 0.376 e. The molecule has 0 unspecified atom stereocenters. The Morgan fingerprint density at radius 1 is 1.45 bits per heavy atom. The van der Waals surface area contributed by atoms with Gasteiger partial charge in [0.2, 0.25) is 5.82 Å². The third kappa shape index (κ3) is 3.25. The highest BCUT2D eigenvalue weighted by Gasteiger charge is 2.25. The maximum Gasteiger partial charge on any atom is 0.376 e. The van der Waals surface area contributed by atoms with Gasteiger partial charge in [-0.05, 0) is 38.7 Å². The summed E-state index contributed by atoms with van der Waals surface area (Å²) >= 11 is 0. The molecule has 1 aliphatic carbocycles. The van der Waals surface area contributed by atoms with Crippen LogP contribution in [0.1, 0.15) is 43.2 Å². The van der Waals surface area contributed by atoms with E-state index in [1.54, 1.807) is 6.20 Å². The van der Waals surface area contributed by atoms with Crippen molar-refractivity contribution >= 4 is 11.8 Å². The van der Waals surface area contributed by atoms with E-state index in [0.717, 1.165) is 38.0 Å². The molecular formula is C14H22N4O2. The second kappa shape index (κ2) is 6.65. The molecule has 1 aromatic rings. The molecule has 20 heavy (non-hydrogen) atoms. The summed E-state index contributed by atoms with van der Waals surface area (Å²) in [5.74, 6) is 0.382. The summed E-state index contributed by atoms with van der Waals surface area (Å²) < 4.78 is 4.67. The fraction of sp³-hybridized carbons (Fsp3) is 0.643. The van der Waals surface area contributed by atoms with Gasteiger partial charge in [0.05, 0.1) is 7.11 Å². The zero-order chi connectivity index (χ0) is 14.5. The Morgan fingerprint density at radius 3 is 2.75 bits per heavy atom. The van der Waals surface area contributed by atoms with Gasteiger partial charge in [0.15, 0.2) is 0 Å². The van der Waals surface area contributed by atoms with Gasteiger partial charge < -0.3 is 15.4 Å². The lowest BCUT2D eigenvalue weighted by Gasteiger charge is -2.36. The fourth-order valence-corrected chi connectivity index (χ4v) is 2.72. The van der Waals surface area contributed by atoms with E-state index in [-0.39, 0.29) is 5.82 Å². The molecule has 0 saturated heterocycles. The molecule has 0 atom stereocenters. The highest BCUT2D eigenvalue weighted by Crippen LogP contribution is 2.25. The number of carbonyl (C=O) groups is 1. The van der Waals surface area contributed by atoms with E-state index in [4.69, 9.17) is 5.73 Å². The summed E-state index contributed by atoms with van der Waals surface area (Å²) in [4.78, 5) is 22.0. The Kier molecular flexibility index (Phi) is 4.89. The first-order chi connectivity index (χ1) is 9.65. The van der Waals surface area contributed by atoms with Gasteiger partial charge in [-0.1, -0.05) is 0 Å². The van der Waals surface area contributed by atoms with E-state index in [9.17, 15) is 4.79 Å². The Balaban J connectivity index is 2.17. The summed E-state index contributed by atoms with van der Waals surface area (Å²) in [5.41, 5.74) is 5.95. The molecule has 1 aromatic heterocycles. The lowest BCUT2D eigenvalue weighted by atomic mass is 9.91. The third-order valence-corrected chi connectivity index (χ3v) is 3.83. The van der Waals surface area contributed by atoms with Crippen molar-refractivity contribution in [3.05, 3.63) is 18.1 Å². The van der Waals surface area contributed by atoms with Crippen LogP contribution in [-0.4, -0.2) is 41.7 Å². The number of esters is 1. The Morgan fingerprint density at radius 2 is 2.15 bits per heavy atom. The van der Waals surface area contributed by atoms with Gasteiger partial charge in [-0.2, -0.15) is 0 Å². The van der Waals surface area contributed by atoms with E-state index >= 15 is 0 Å². The molecule has 0 aliphatic heterocycles. The summed E-state index contributed by atoms with van der Waals surface area (Å²) in [6.45, 7) is 2.94. The van der Waals surface area contributed by atoms with Crippen molar-refractivity contribution in [1.82, 2.24) is 9.97 Å². The molecule has 2 rings (SSSR count). The predicted molar refractivity (Wildman–Crippen MR) is 76.6 cm³/mol. The maximum atomic E-state index is 11.5. The number of ether oxygens (including phenoxy) is 1. The molecule has 1 saturated carbocycles. The van der Waals surface area contributed by atoms with Crippen LogP contribution in [0, 0.1) is 0 Å². The predicted octanol–water partition coefficient (Wildman–Crippen LogP) is 1.36. The molecule has 0 amide bonds. The number of aromatic nitrogens is 2. The minimum absolute atomic E-state index is 0.107. The topological polar surface area (TPSA) is 81.3 Å². The number of hydrogen-bond acceptors (Lipinski definition) is 6. The second-order valence-electron chi connectivity index (χ2n) is 5.08. The minimum Gasteiger partial charge on any atom is -0.463 e. The Hall–Kier alpha value is -1.69. The molecule has 1 fully saturated rings. The zero-order valence-electron chi connectivity index (χ0n) is 12.1. The van der Waals surface area contributed by atoms with Crippen molar-refractivity contribution in [3.8, 4) is 0 Å². The van der Waals surface area contributed by atoms with E-state index < -0.39 is 5.97 Å². The van der Waals surface area contributed by atoms with Crippen LogP contribution in [0.3, 0.4) is 0 Å². The zero-order valence-corrected chi connectivity index (χ0v) is 12.1. The molecule has 0 bridgehead atoms. The quantitative estimate of drug-likeness (QED) is 0.837. The lowest BCUT2D eigenvalue weighted by Crippen LogP contribution is -2.41. The number of nitrogens with two attached hydrogens (primary N) is 1. The maximum absolute atomic E-state index is 11.5. The van der Waals surface area contributed by atoms with Crippen molar-refractivity contribution in [1.29, 1.82) is 0 Å². The molecule has 6 heteroatoms. The molecule has 0 radical (unpaired) electrons. The van der Waals surface area contributed by atoms with Crippen LogP contribution in [0.25, 0.3) is 0 Å². The van der Waals surface area contributed by atoms with Crippen LogP contribution in [0.15, 0.2) is 12.3 Å². The standard InChI is InChI=1S/C14H22N4O2/c1-3-18(11-6-4-10(15)5-7-11)12-8-9-16-13(17-12)14(19)20-2/h8-11H,3-7,15H2,1-2H3. The summed E-state index contributed by atoms with van der Waals surface area (Å²) in [7, 11) is 1.33. The first kappa shape index (κ1) is 14.7. The van der Waals surface area contributed by atoms with Gasteiger partial charge in [-0.3, -0.25) is 0 Å². The molecular weight excluding hydrogens is 256 g/mol. The highest BCUT2D eigenvalue weighted by atomic mass is 16.5. The van der Waals surface area contributed by atoms with Crippen molar-refractivity contribution in [2.75, 3.05) is 18.6 Å². The van der Waals surface area contributed by atoms with E-state index in [2.05, 4.69) is 26.5 Å². The molecule has 110 valence electrons. The summed E-state index contributed by atoms with van der Waals surface area (Å²) in [5, 5.41) is 0. The molecule has 2 N–H and O–H groups in total. The van der Waals surface area contributed by atoms with Crippen LogP contribution in [-0.2, 0) is 4.74 Å². The SMILES string of the molecule is CCN(c1ccnc(C(=O)OC)n1)C1CCC(N)CC1. The molecule has 0 aromatic carbocycles. The van der Waals surface area contributed by atoms with E-state index in [0.29, 0.717) is 12.1 Å². The van der Waals surface area contributed by atoms with Crippen molar-refractivity contribution < 1.29 is 9.53 Å². The molecule has 1 heterocycles. The fourth-order valence-electron chi connectivity index (χ4n) is 2.72. The minimum atomic E-state index is -0.506. The van der Waals surface area contributed by atoms with Gasteiger partial charge in [0.25, 0.3) is 0 Å². The van der Waals surface area contributed by atoms with Gasteiger partial charge in [-0.15, -0.1) is 0 Å². The van der Waals surface area contributed by atoms with Gasteiger partial charge in [0.1, 0.15) is 5.82 Å². The first-order valence-corrected chi connectivity index (χ1v) is 7.09. The monoisotopic (exact) mass is 278 g/mol. The number of anilines is 1. The van der Waals surface area contributed by atoms with E-state index in [1.165, 1.54) is 7.11 Å². The normalized spacial score (nSPS) is 22.4. The number of methoxy groups -OCH3 is 1. The van der Waals surface area contributed by atoms with Crippen molar-refractivity contribution in [2.24, 2.45) is 5.73 Å². The van der Waals surface area contributed by atoms with E-state index in [1.807, 2.05) is 6.07 Å². The Labute approximate surface area is 119 Å². The van der Waals surface area contributed by atoms with Gasteiger partial charge >= 0.3 is 5.97 Å². The number of hydrogen-bond donors (Lipinski definition) is 1. The average Bonchev–Trinajstić information content (AvgIpc) is 2.49. The van der Waals surface area contributed by atoms with Crippen molar-refractivity contribution in [2.45, 2.75) is 44.7 Å². The van der Waals surface area contributed by atoms with Crippen LogP contribution < -0.4 is 10.6 Å². The molecule has 1 aliphatic rings. The second-order valence-corrected chi connectivity index (χ2v) is 5.08. The van der Waals surface area contributed by atoms with Crippen molar-refractivity contribution in [3.63, 3.8) is 0 Å². The average molecular weight is 278 g/mol. The summed E-state index contributed by atoms with van der Waals surface area (Å²) in [6, 6.07) is 2.59. The lowest BCUT2D eigenvalue weighted by molar-refractivity contribution is 0.0586. The third-order valence-electron chi connectivity index (χ3n) is 3.83. The number of nitrogens with zero attached hydrogens (tertiary/aromatic N) is 3. The molecule has 0 spiro atoms. The summed E-state index contributed by atoms with van der Waals surface area (Å²) in [6.07, 6.45) is 5.80. The van der Waals surface area contributed by atoms with Crippen LogP contribution in [0.2, 0.25) is 0 Å². The van der Waals surface area contributed by atoms with Gasteiger partial charge in [-0.25, -0.2) is 14.8 Å². The van der Waals surface area contributed by atoms with Crippen LogP contribution in [0.5, 0.6) is 0 Å². The number of rotatable bonds is 4. The number of carbonyl (C=O) groups excluding carboxylic acids is 1. The van der Waals surface area contributed by atoms with Crippen LogP contribution >= 0.6 is 0 Å². The largest absolute Gasteiger partial charge is 0.463 e. The first-order valence-electron chi connectivity index (χ1n) is 7.09. The van der Waals surface area contributed by atoms with Crippen LogP contribution in [0.4, 0.5) is 5.82 Å². The highest BCUT2D eigenvalue weighted by molar-refractivity contribution is 5.85. The van der Waals surface area contributed by atoms with Gasteiger partial charge in [0, 0.05) is 24.8 Å².